The van der Waals surface area contributed by atoms with Crippen LogP contribution in [0.2, 0.25) is 19.6 Å². The van der Waals surface area contributed by atoms with E-state index in [2.05, 4.69) is 5.32 Å². The van der Waals surface area contributed by atoms with E-state index in [0.717, 1.165) is 0 Å². The Morgan fingerprint density at radius 1 is 1.36 bits per heavy atom. The second kappa shape index (κ2) is 6.30. The molecule has 2 aliphatic heterocycles. The number of hydrogen-bond donors (Lipinski definition) is 2. The number of nitrogens with one attached hydrogen (secondary N) is 1. The Labute approximate surface area is 145 Å². The molecule has 0 aliphatic carbocycles. The summed E-state index contributed by atoms with van der Waals surface area (Å²) in [5, 5.41) is 11.3. The molecular weight excluding hydrogens is 352 g/mol. The van der Waals surface area contributed by atoms with Gasteiger partial charge in [-0.3, -0.25) is 14.4 Å². The minimum absolute atomic E-state index is 0.114. The van der Waals surface area contributed by atoms with Crippen LogP contribution < -0.4 is 5.32 Å². The van der Waals surface area contributed by atoms with Crippen LogP contribution in [0.25, 0.3) is 0 Å². The van der Waals surface area contributed by atoms with Gasteiger partial charge in [-0.05, 0) is 6.92 Å². The zero-order valence-electron chi connectivity index (χ0n) is 14.6. The molecule has 0 spiro atoms. The van der Waals surface area contributed by atoms with Crippen molar-refractivity contribution in [1.29, 1.82) is 0 Å². The molecule has 11 heteroatoms. The van der Waals surface area contributed by atoms with Crippen LogP contribution in [0.4, 0.5) is 4.79 Å². The van der Waals surface area contributed by atoms with E-state index >= 15 is 0 Å². The molecule has 2 aliphatic rings. The lowest BCUT2D eigenvalue weighted by Crippen LogP contribution is -2.70. The number of ether oxygens (including phenoxy) is 2. The van der Waals surface area contributed by atoms with E-state index in [-0.39, 0.29) is 26.1 Å². The largest absolute Gasteiger partial charge is 0.477 e. The Morgan fingerprint density at radius 2 is 2.00 bits per heavy atom. The highest BCUT2D eigenvalue weighted by atomic mass is 28.3. The summed E-state index contributed by atoms with van der Waals surface area (Å²) in [6.07, 6.45) is -1.17. The van der Waals surface area contributed by atoms with Crippen LogP contribution in [0.15, 0.2) is 0 Å². The summed E-state index contributed by atoms with van der Waals surface area (Å²) in [6, 6.07) is 0. The monoisotopic (exact) mass is 374 g/mol. The molecule has 10 nitrogen and oxygen atoms in total. The molecule has 0 aromatic heterocycles. The SMILES string of the molecule is CCOC(=O)N[C@]1([Si](C)(C)C)CON(C2(C(=O)O)CCC(=O)O2)C1=O. The highest BCUT2D eigenvalue weighted by Crippen LogP contribution is 2.39. The number of alkyl carbamates (subject to hydrolysis) is 1. The number of hydroxylamine groups is 2. The molecular formula is C14H22N2O8Si. The summed E-state index contributed by atoms with van der Waals surface area (Å²) in [4.78, 5) is 53.7. The third kappa shape index (κ3) is 2.97. The Kier molecular flexibility index (Phi) is 4.83. The minimum atomic E-state index is -2.47. The number of carboxylic acids is 1. The van der Waals surface area contributed by atoms with Crippen LogP contribution in [0.1, 0.15) is 19.8 Å². The molecule has 0 aromatic carbocycles. The van der Waals surface area contributed by atoms with Gasteiger partial charge in [0.1, 0.15) is 11.8 Å². The van der Waals surface area contributed by atoms with Gasteiger partial charge in [0, 0.05) is 6.42 Å². The van der Waals surface area contributed by atoms with Gasteiger partial charge in [-0.1, -0.05) is 19.6 Å². The first-order chi connectivity index (χ1) is 11.5. The Bertz CT molecular complexity index is 618. The van der Waals surface area contributed by atoms with Crippen molar-refractivity contribution in [2.24, 2.45) is 0 Å². The standard InChI is InChI=1S/C14H22N2O8Si/c1-5-22-12(21)15-13(25(2,3)4)8-23-16(10(13)18)14(11(19)20)7-6-9(17)24-14/h5-8H2,1-4H3,(H,15,21)(H,19,20)/t13-,14?/m0/s1. The number of carbonyl (C=O) groups is 4. The third-order valence-electron chi connectivity index (χ3n) is 4.44. The lowest BCUT2D eigenvalue weighted by Gasteiger charge is -2.38. The molecule has 0 radical (unpaired) electrons. The quantitative estimate of drug-likeness (QED) is 0.517. The molecule has 1 unspecified atom stereocenters. The average Bonchev–Trinajstić information content (AvgIpc) is 3.02. The van der Waals surface area contributed by atoms with Gasteiger partial charge in [0.25, 0.3) is 5.91 Å². The van der Waals surface area contributed by atoms with Crippen LogP contribution in [-0.4, -0.2) is 66.3 Å². The van der Waals surface area contributed by atoms with Gasteiger partial charge >= 0.3 is 23.8 Å². The molecule has 2 amide bonds. The van der Waals surface area contributed by atoms with E-state index in [1.54, 1.807) is 6.92 Å². The molecule has 2 fully saturated rings. The maximum Gasteiger partial charge on any atom is 0.407 e. The Hall–Kier alpha value is -2.14. The van der Waals surface area contributed by atoms with Crippen LogP contribution in [0, 0.1) is 0 Å². The van der Waals surface area contributed by atoms with E-state index in [1.165, 1.54) is 0 Å². The number of esters is 1. The van der Waals surface area contributed by atoms with Gasteiger partial charge in [0.05, 0.1) is 21.1 Å². The average molecular weight is 374 g/mol. The first-order valence-electron chi connectivity index (χ1n) is 7.88. The second-order valence-electron chi connectivity index (χ2n) is 6.94. The third-order valence-corrected chi connectivity index (χ3v) is 7.49. The molecule has 2 atom stereocenters. The van der Waals surface area contributed by atoms with E-state index in [0.29, 0.717) is 5.06 Å². The van der Waals surface area contributed by atoms with Crippen molar-refractivity contribution in [2.75, 3.05) is 13.2 Å². The van der Waals surface area contributed by atoms with Crippen LogP contribution in [0.3, 0.4) is 0 Å². The zero-order valence-corrected chi connectivity index (χ0v) is 15.6. The Morgan fingerprint density at radius 3 is 2.44 bits per heavy atom. The van der Waals surface area contributed by atoms with Gasteiger partial charge in [0.2, 0.25) is 0 Å². The fourth-order valence-corrected chi connectivity index (χ4v) is 4.54. The molecule has 0 aromatic rings. The predicted octanol–water partition coefficient (Wildman–Crippen LogP) is 0.240. The van der Waals surface area contributed by atoms with Crippen molar-refractivity contribution in [1.82, 2.24) is 10.4 Å². The topological polar surface area (TPSA) is 131 Å². The van der Waals surface area contributed by atoms with Crippen molar-refractivity contribution in [3.05, 3.63) is 0 Å². The summed E-state index contributed by atoms with van der Waals surface area (Å²) in [7, 11) is -2.47. The van der Waals surface area contributed by atoms with Crippen LogP contribution in [-0.2, 0) is 28.7 Å². The van der Waals surface area contributed by atoms with Crippen molar-refractivity contribution in [3.8, 4) is 0 Å². The van der Waals surface area contributed by atoms with Crippen molar-refractivity contribution in [3.63, 3.8) is 0 Å². The first kappa shape index (κ1) is 19.2. The maximum absolute atomic E-state index is 13.1. The number of carbonyl (C=O) groups excluding carboxylic acids is 3. The van der Waals surface area contributed by atoms with Crippen LogP contribution >= 0.6 is 0 Å². The smallest absolute Gasteiger partial charge is 0.407 e. The predicted molar refractivity (Wildman–Crippen MR) is 84.7 cm³/mol. The summed E-state index contributed by atoms with van der Waals surface area (Å²) in [5.41, 5.74) is -2.22. The number of cyclic esters (lactones) is 1. The van der Waals surface area contributed by atoms with Crippen molar-refractivity contribution < 1.29 is 38.6 Å². The fraction of sp³-hybridized carbons (Fsp3) is 0.714. The number of carboxylic acid groups (broad SMARTS) is 1. The van der Waals surface area contributed by atoms with Gasteiger partial charge in [0.15, 0.2) is 0 Å². The summed E-state index contributed by atoms with van der Waals surface area (Å²) >= 11 is 0. The van der Waals surface area contributed by atoms with E-state index in [4.69, 9.17) is 14.3 Å². The summed E-state index contributed by atoms with van der Waals surface area (Å²) < 4.78 is 9.80. The number of hydrogen-bond acceptors (Lipinski definition) is 7. The second-order valence-corrected chi connectivity index (χ2v) is 12.3. The molecule has 25 heavy (non-hydrogen) atoms. The molecule has 2 saturated heterocycles. The lowest BCUT2D eigenvalue weighted by molar-refractivity contribution is -0.256. The number of nitrogens with zero attached hydrogens (tertiary/aromatic N) is 1. The van der Waals surface area contributed by atoms with Gasteiger partial charge in [-0.2, -0.15) is 5.06 Å². The lowest BCUT2D eigenvalue weighted by atomic mass is 10.1. The molecule has 2 N–H and O–H groups in total. The van der Waals surface area contributed by atoms with E-state index in [9.17, 15) is 24.3 Å². The molecule has 0 bridgehead atoms. The molecule has 0 saturated carbocycles. The number of aliphatic carboxylic acids is 1. The molecule has 140 valence electrons. The van der Waals surface area contributed by atoms with Crippen molar-refractivity contribution >= 4 is 32.0 Å². The van der Waals surface area contributed by atoms with Crippen LogP contribution in [0.5, 0.6) is 0 Å². The fourth-order valence-electron chi connectivity index (χ4n) is 2.82. The van der Waals surface area contributed by atoms with E-state index < -0.39 is 42.9 Å². The molecule has 2 heterocycles. The summed E-state index contributed by atoms with van der Waals surface area (Å²) in [6.45, 7) is 6.97. The Balaban J connectivity index is 2.40. The van der Waals surface area contributed by atoms with E-state index in [1.807, 2.05) is 19.6 Å². The van der Waals surface area contributed by atoms with Gasteiger partial charge in [-0.15, -0.1) is 0 Å². The molecule has 2 rings (SSSR count). The maximum atomic E-state index is 13.1. The van der Waals surface area contributed by atoms with Gasteiger partial charge in [-0.25, -0.2) is 9.59 Å². The first-order valence-corrected chi connectivity index (χ1v) is 11.4. The highest BCUT2D eigenvalue weighted by molar-refractivity contribution is 6.83. The summed E-state index contributed by atoms with van der Waals surface area (Å²) in [5.74, 6) is -2.99. The van der Waals surface area contributed by atoms with Gasteiger partial charge < -0.3 is 19.9 Å². The highest BCUT2D eigenvalue weighted by Gasteiger charge is 2.66. The normalized spacial score (nSPS) is 29.5. The number of rotatable bonds is 5. The zero-order chi connectivity index (χ0) is 19.0. The van der Waals surface area contributed by atoms with Crippen molar-refractivity contribution in [2.45, 2.75) is 50.3 Å². The minimum Gasteiger partial charge on any atom is -0.477 e. The number of amides is 2.